The fourth-order valence-corrected chi connectivity index (χ4v) is 5.69. The molecule has 4 N–H and O–H groups in total. The van der Waals surface area contributed by atoms with Crippen molar-refractivity contribution in [2.75, 3.05) is 6.61 Å². The van der Waals surface area contributed by atoms with E-state index in [0.717, 1.165) is 11.1 Å². The first-order chi connectivity index (χ1) is 20.9. The minimum Gasteiger partial charge on any atom is -0.361 e. The Morgan fingerprint density at radius 1 is 0.727 bits per heavy atom. The van der Waals surface area contributed by atoms with Gasteiger partial charge in [0.25, 0.3) is 0 Å². The van der Waals surface area contributed by atoms with Gasteiger partial charge in [0, 0.05) is 29.3 Å². The molecule has 9 nitrogen and oxygen atoms in total. The van der Waals surface area contributed by atoms with Gasteiger partial charge in [-0.3, -0.25) is 19.2 Å². The Bertz CT molecular complexity index is 1240. The predicted octanol–water partition coefficient (Wildman–Crippen LogP) is 4.07. The zero-order valence-electron chi connectivity index (χ0n) is 26.4. The second kappa shape index (κ2) is 17.0. The summed E-state index contributed by atoms with van der Waals surface area (Å²) in [5.41, 5.74) is 1.10. The van der Waals surface area contributed by atoms with E-state index in [1.54, 1.807) is 6.92 Å². The Balaban J connectivity index is 1.76. The molecule has 0 bridgehead atoms. The van der Waals surface area contributed by atoms with Crippen LogP contribution in [0.5, 0.6) is 0 Å². The molecule has 10 heteroatoms. The molecule has 3 rings (SSSR count). The number of Topliss-reactive ketones (excluding diaryl/α,β-unsaturated/α-hetero) is 1. The molecule has 44 heavy (non-hydrogen) atoms. The molecule has 240 valence electrons. The van der Waals surface area contributed by atoms with Crippen LogP contribution < -0.4 is 19.5 Å². The molecule has 1 heterocycles. The number of ether oxygens (including phenoxy) is 1. The molecule has 3 amide bonds. The Kier molecular flexibility index (Phi) is 13.8. The number of benzene rings is 2. The van der Waals surface area contributed by atoms with Gasteiger partial charge in [0.1, 0.15) is 17.7 Å². The van der Waals surface area contributed by atoms with Gasteiger partial charge in [-0.2, -0.15) is 0 Å². The zero-order chi connectivity index (χ0) is 32.3. The highest BCUT2D eigenvalue weighted by molar-refractivity contribution is 14.1. The molecule has 0 aromatic heterocycles. The summed E-state index contributed by atoms with van der Waals surface area (Å²) >= 11 is 1.97. The van der Waals surface area contributed by atoms with E-state index in [1.807, 2.05) is 111 Å². The quantitative estimate of drug-likeness (QED) is 0.105. The molecule has 1 fully saturated rings. The molecule has 0 saturated carbocycles. The summed E-state index contributed by atoms with van der Waals surface area (Å²) < 4.78 is 8.43. The van der Waals surface area contributed by atoms with Crippen molar-refractivity contribution in [3.8, 4) is 0 Å². The average Bonchev–Trinajstić information content (AvgIpc) is 3.74. The molecule has 1 saturated heterocycles. The molecule has 0 unspecified atom stereocenters. The molecule has 1 aliphatic heterocycles. The van der Waals surface area contributed by atoms with Crippen LogP contribution in [-0.2, 0) is 36.8 Å². The summed E-state index contributed by atoms with van der Waals surface area (Å²) in [5, 5.41) is 8.77. The fourth-order valence-electron chi connectivity index (χ4n) is 5.09. The standard InChI is InChI=1S/C34H47IN4O5/c1-22(2)18-27(30(40)34(5)21-44-34)36-33(43)29(20-25-14-10-7-11-15-25)38-32(42)28(19-23(3)4)37-31(41)26(39-35)17-16-24-12-8-6-9-13-24/h6-15,22-23,26-29,39H,16-21H2,1-5H3,(H,36,43)(H,37,41)(H,38,42)/t26-,27-,28-,29-,34+/m0/s1. The fraction of sp³-hybridized carbons (Fsp3) is 0.529. The van der Waals surface area contributed by atoms with Gasteiger partial charge < -0.3 is 20.7 Å². The number of rotatable bonds is 18. The number of ketones is 1. The van der Waals surface area contributed by atoms with Crippen LogP contribution in [-0.4, -0.2) is 59.9 Å². The number of carbonyl (C=O) groups excluding carboxylic acids is 4. The second-order valence-corrected chi connectivity index (χ2v) is 13.3. The maximum Gasteiger partial charge on any atom is 0.243 e. The lowest BCUT2D eigenvalue weighted by molar-refractivity contribution is -0.134. The molecular weight excluding hydrogens is 671 g/mol. The molecule has 2 aromatic carbocycles. The van der Waals surface area contributed by atoms with E-state index in [4.69, 9.17) is 4.74 Å². The van der Waals surface area contributed by atoms with E-state index in [2.05, 4.69) is 19.5 Å². The molecule has 1 aliphatic rings. The predicted molar refractivity (Wildman–Crippen MR) is 180 cm³/mol. The molecular formula is C34H47IN4O5. The first-order valence-electron chi connectivity index (χ1n) is 15.4. The maximum atomic E-state index is 13.8. The Morgan fingerprint density at radius 3 is 1.70 bits per heavy atom. The first-order valence-corrected chi connectivity index (χ1v) is 16.5. The number of amides is 3. The van der Waals surface area contributed by atoms with Crippen LogP contribution in [0.1, 0.15) is 65.0 Å². The van der Waals surface area contributed by atoms with Gasteiger partial charge in [-0.25, -0.2) is 3.53 Å². The highest BCUT2D eigenvalue weighted by Crippen LogP contribution is 2.29. The van der Waals surface area contributed by atoms with Gasteiger partial charge in [0.05, 0.1) is 18.7 Å². The average molecular weight is 719 g/mol. The third kappa shape index (κ3) is 11.3. The van der Waals surface area contributed by atoms with E-state index >= 15 is 0 Å². The van der Waals surface area contributed by atoms with E-state index < -0.39 is 41.6 Å². The van der Waals surface area contributed by atoms with Crippen molar-refractivity contribution in [3.63, 3.8) is 0 Å². The number of carbonyl (C=O) groups is 4. The van der Waals surface area contributed by atoms with Crippen molar-refractivity contribution in [2.24, 2.45) is 11.8 Å². The smallest absolute Gasteiger partial charge is 0.243 e. The van der Waals surface area contributed by atoms with Gasteiger partial charge >= 0.3 is 0 Å². The molecule has 2 aromatic rings. The monoisotopic (exact) mass is 718 g/mol. The Hall–Kier alpha value is -2.83. The van der Waals surface area contributed by atoms with Crippen LogP contribution in [0.15, 0.2) is 60.7 Å². The molecule has 5 atom stereocenters. The van der Waals surface area contributed by atoms with Gasteiger partial charge in [-0.05, 0) is 55.6 Å². The van der Waals surface area contributed by atoms with Crippen molar-refractivity contribution < 1.29 is 23.9 Å². The first kappa shape index (κ1) is 35.6. The van der Waals surface area contributed by atoms with Crippen molar-refractivity contribution in [1.29, 1.82) is 0 Å². The van der Waals surface area contributed by atoms with Crippen LogP contribution in [0.2, 0.25) is 0 Å². The van der Waals surface area contributed by atoms with Gasteiger partial charge in [0.15, 0.2) is 5.78 Å². The van der Waals surface area contributed by atoms with Crippen molar-refractivity contribution in [1.82, 2.24) is 19.5 Å². The lowest BCUT2D eigenvalue weighted by Crippen LogP contribution is -2.58. The van der Waals surface area contributed by atoms with Crippen LogP contribution in [0.3, 0.4) is 0 Å². The number of hydrogen-bond donors (Lipinski definition) is 4. The SMILES string of the molecule is CC(C)C[C@H](NC(=O)[C@H](CCc1ccccc1)NI)C(=O)N[C@@H](Cc1ccccc1)C(=O)N[C@@H](CC(C)C)C(=O)[C@@]1(C)CO1. The molecule has 0 radical (unpaired) electrons. The topological polar surface area (TPSA) is 129 Å². The van der Waals surface area contributed by atoms with E-state index in [0.29, 0.717) is 32.3 Å². The lowest BCUT2D eigenvalue weighted by atomic mass is 9.93. The van der Waals surface area contributed by atoms with Crippen LogP contribution in [0, 0.1) is 11.8 Å². The normalized spacial score (nSPS) is 18.6. The minimum atomic E-state index is -0.955. The number of aryl methyl sites for hydroxylation is 1. The van der Waals surface area contributed by atoms with Crippen LogP contribution >= 0.6 is 22.9 Å². The van der Waals surface area contributed by atoms with Crippen molar-refractivity contribution >= 4 is 46.4 Å². The summed E-state index contributed by atoms with van der Waals surface area (Å²) in [6.45, 7) is 10.00. The molecule has 0 aliphatic carbocycles. The summed E-state index contributed by atoms with van der Waals surface area (Å²) in [6, 6.07) is 16.3. The lowest BCUT2D eigenvalue weighted by Gasteiger charge is -2.27. The Morgan fingerprint density at radius 2 is 1.18 bits per heavy atom. The third-order valence-electron chi connectivity index (χ3n) is 7.71. The largest absolute Gasteiger partial charge is 0.361 e. The van der Waals surface area contributed by atoms with E-state index in [1.165, 1.54) is 0 Å². The summed E-state index contributed by atoms with van der Waals surface area (Å²) in [5.74, 6) is -1.07. The van der Waals surface area contributed by atoms with Crippen LogP contribution in [0.4, 0.5) is 0 Å². The number of hydrogen-bond acceptors (Lipinski definition) is 6. The summed E-state index contributed by atoms with van der Waals surface area (Å²) in [6.07, 6.45) is 2.34. The minimum absolute atomic E-state index is 0.107. The van der Waals surface area contributed by atoms with E-state index in [9.17, 15) is 19.2 Å². The van der Waals surface area contributed by atoms with Gasteiger partial charge in [-0.1, -0.05) is 88.4 Å². The number of halogens is 1. The zero-order valence-corrected chi connectivity index (χ0v) is 28.6. The van der Waals surface area contributed by atoms with Crippen molar-refractivity contribution in [3.05, 3.63) is 71.8 Å². The third-order valence-corrected chi connectivity index (χ3v) is 8.46. The highest BCUT2D eigenvalue weighted by atomic mass is 127. The summed E-state index contributed by atoms with van der Waals surface area (Å²) in [7, 11) is 0. The second-order valence-electron chi connectivity index (χ2n) is 12.7. The number of nitrogens with one attached hydrogen (secondary N) is 4. The van der Waals surface area contributed by atoms with Crippen LogP contribution in [0.25, 0.3) is 0 Å². The Labute approximate surface area is 275 Å². The maximum absolute atomic E-state index is 13.8. The summed E-state index contributed by atoms with van der Waals surface area (Å²) in [4.78, 5) is 54.1. The molecule has 0 spiro atoms. The van der Waals surface area contributed by atoms with Crippen molar-refractivity contribution in [2.45, 2.75) is 96.5 Å². The van der Waals surface area contributed by atoms with Gasteiger partial charge in [0.2, 0.25) is 17.7 Å². The van der Waals surface area contributed by atoms with Gasteiger partial charge in [-0.15, -0.1) is 0 Å². The number of epoxide rings is 1. The highest BCUT2D eigenvalue weighted by Gasteiger charge is 2.50. The van der Waals surface area contributed by atoms with E-state index in [-0.39, 0.29) is 29.9 Å².